The van der Waals surface area contributed by atoms with Crippen LogP contribution in [0.4, 0.5) is 11.6 Å². The number of aromatic nitrogens is 3. The van der Waals surface area contributed by atoms with Crippen LogP contribution in [0.5, 0.6) is 0 Å². The highest BCUT2D eigenvalue weighted by Crippen LogP contribution is 2.28. The molecule has 0 N–H and O–H groups in total. The molecule has 2 aromatic carbocycles. The van der Waals surface area contributed by atoms with Crippen LogP contribution in [0.1, 0.15) is 28.8 Å². The molecule has 0 unspecified atom stereocenters. The van der Waals surface area contributed by atoms with Crippen LogP contribution in [0.3, 0.4) is 0 Å². The molecular weight excluding hydrogens is 450 g/mol. The summed E-state index contributed by atoms with van der Waals surface area (Å²) >= 11 is 1.38. The lowest BCUT2D eigenvalue weighted by Crippen LogP contribution is -2.37. The van der Waals surface area contributed by atoms with E-state index in [-0.39, 0.29) is 17.4 Å². The van der Waals surface area contributed by atoms with Crippen molar-refractivity contribution in [1.29, 1.82) is 0 Å². The minimum atomic E-state index is 0.00989. The van der Waals surface area contributed by atoms with E-state index in [4.69, 9.17) is 4.74 Å². The molecule has 0 aliphatic carbocycles. The van der Waals surface area contributed by atoms with E-state index in [0.29, 0.717) is 30.4 Å². The molecule has 0 atom stereocenters. The number of Topliss-reactive ketones (excluding diaryl/α,β-unsaturated/α-hetero) is 1. The molecule has 9 heteroatoms. The van der Waals surface area contributed by atoms with Gasteiger partial charge in [-0.15, -0.1) is 10.2 Å². The lowest BCUT2D eigenvalue weighted by molar-refractivity contribution is -0.117. The van der Waals surface area contributed by atoms with Crippen molar-refractivity contribution in [3.05, 3.63) is 59.7 Å². The summed E-state index contributed by atoms with van der Waals surface area (Å²) in [6.45, 7) is 5.60. The van der Waals surface area contributed by atoms with Crippen molar-refractivity contribution in [3.63, 3.8) is 0 Å². The Morgan fingerprint density at radius 1 is 0.971 bits per heavy atom. The Bertz CT molecular complexity index is 1170. The van der Waals surface area contributed by atoms with Crippen LogP contribution < -0.4 is 9.80 Å². The fourth-order valence-corrected chi connectivity index (χ4v) is 5.05. The smallest absolute Gasteiger partial charge is 0.232 e. The van der Waals surface area contributed by atoms with Gasteiger partial charge in [0.15, 0.2) is 10.9 Å². The van der Waals surface area contributed by atoms with E-state index in [9.17, 15) is 9.59 Å². The number of morpholine rings is 1. The molecule has 0 spiro atoms. The molecule has 3 heterocycles. The number of anilines is 2. The van der Waals surface area contributed by atoms with E-state index in [0.717, 1.165) is 43.4 Å². The SMILES string of the molecule is Cc1ccc(-n2c(SCC(=O)c3ccc(N4CCCC4=O)cc3)nnc2N2CCOCC2)cc1. The fraction of sp³-hybridized carbons (Fsp3) is 0.360. The van der Waals surface area contributed by atoms with Gasteiger partial charge in [0.2, 0.25) is 11.9 Å². The van der Waals surface area contributed by atoms with Gasteiger partial charge in [-0.1, -0.05) is 29.5 Å². The Morgan fingerprint density at radius 2 is 1.68 bits per heavy atom. The first-order valence-corrected chi connectivity index (χ1v) is 12.5. The Hall–Kier alpha value is -3.17. The summed E-state index contributed by atoms with van der Waals surface area (Å²) in [6, 6.07) is 15.5. The van der Waals surface area contributed by atoms with Crippen LogP contribution in [0.2, 0.25) is 0 Å². The number of hydrogen-bond acceptors (Lipinski definition) is 7. The van der Waals surface area contributed by atoms with Crippen LogP contribution in [-0.4, -0.2) is 65.1 Å². The van der Waals surface area contributed by atoms with E-state index >= 15 is 0 Å². The summed E-state index contributed by atoms with van der Waals surface area (Å²) in [6.07, 6.45) is 1.47. The molecule has 2 aliphatic heterocycles. The first-order chi connectivity index (χ1) is 16.6. The minimum absolute atomic E-state index is 0.00989. The molecule has 0 bridgehead atoms. The van der Waals surface area contributed by atoms with Gasteiger partial charge in [-0.3, -0.25) is 14.2 Å². The lowest BCUT2D eigenvalue weighted by atomic mass is 10.1. The largest absolute Gasteiger partial charge is 0.378 e. The maximum Gasteiger partial charge on any atom is 0.232 e. The fourth-order valence-electron chi connectivity index (χ4n) is 4.21. The summed E-state index contributed by atoms with van der Waals surface area (Å²) < 4.78 is 7.51. The van der Waals surface area contributed by atoms with Gasteiger partial charge in [-0.05, 0) is 49.7 Å². The molecule has 0 saturated carbocycles. The van der Waals surface area contributed by atoms with E-state index in [1.165, 1.54) is 17.3 Å². The summed E-state index contributed by atoms with van der Waals surface area (Å²) in [5, 5.41) is 9.57. The molecule has 5 rings (SSSR count). The van der Waals surface area contributed by atoms with E-state index in [2.05, 4.69) is 34.2 Å². The molecule has 1 aromatic heterocycles. The highest BCUT2D eigenvalue weighted by Gasteiger charge is 2.24. The van der Waals surface area contributed by atoms with E-state index in [1.54, 1.807) is 17.0 Å². The molecule has 2 fully saturated rings. The molecule has 34 heavy (non-hydrogen) atoms. The summed E-state index contributed by atoms with van der Waals surface area (Å²) in [7, 11) is 0. The number of aryl methyl sites for hydroxylation is 1. The van der Waals surface area contributed by atoms with E-state index < -0.39 is 0 Å². The molecule has 1 amide bonds. The second-order valence-electron chi connectivity index (χ2n) is 8.46. The average Bonchev–Trinajstić information content (AvgIpc) is 3.50. The Labute approximate surface area is 202 Å². The summed E-state index contributed by atoms with van der Waals surface area (Å²) in [4.78, 5) is 28.8. The third kappa shape index (κ3) is 4.71. The Kier molecular flexibility index (Phi) is 6.64. The predicted octanol–water partition coefficient (Wildman–Crippen LogP) is 3.51. The van der Waals surface area contributed by atoms with Crippen molar-refractivity contribution in [2.45, 2.75) is 24.9 Å². The van der Waals surface area contributed by atoms with Gasteiger partial charge in [-0.2, -0.15) is 0 Å². The first kappa shape index (κ1) is 22.6. The average molecular weight is 478 g/mol. The second kappa shape index (κ2) is 9.99. The highest BCUT2D eigenvalue weighted by molar-refractivity contribution is 7.99. The minimum Gasteiger partial charge on any atom is -0.378 e. The van der Waals surface area contributed by atoms with Gasteiger partial charge in [0.1, 0.15) is 0 Å². The molecular formula is C25H27N5O3S. The number of ether oxygens (including phenoxy) is 1. The topological polar surface area (TPSA) is 80.6 Å². The number of thioether (sulfide) groups is 1. The van der Waals surface area contributed by atoms with Crippen LogP contribution in [0.15, 0.2) is 53.7 Å². The zero-order valence-corrected chi connectivity index (χ0v) is 20.0. The van der Waals surface area contributed by atoms with Crippen molar-refractivity contribution >= 4 is 35.1 Å². The van der Waals surface area contributed by atoms with Gasteiger partial charge in [0.25, 0.3) is 0 Å². The van der Waals surface area contributed by atoms with Crippen molar-refractivity contribution in [2.75, 3.05) is 48.4 Å². The van der Waals surface area contributed by atoms with E-state index in [1.807, 2.05) is 28.8 Å². The molecule has 2 aliphatic rings. The van der Waals surface area contributed by atoms with Crippen LogP contribution in [0.25, 0.3) is 5.69 Å². The monoisotopic (exact) mass is 477 g/mol. The van der Waals surface area contributed by atoms with Crippen molar-refractivity contribution in [2.24, 2.45) is 0 Å². The number of nitrogens with zero attached hydrogens (tertiary/aromatic N) is 5. The number of ketones is 1. The maximum absolute atomic E-state index is 12.9. The normalized spacial score (nSPS) is 16.3. The number of carbonyl (C=O) groups is 2. The number of amides is 1. The van der Waals surface area contributed by atoms with Crippen LogP contribution in [-0.2, 0) is 9.53 Å². The Balaban J connectivity index is 1.33. The van der Waals surface area contributed by atoms with Gasteiger partial charge < -0.3 is 14.5 Å². The first-order valence-electron chi connectivity index (χ1n) is 11.5. The third-order valence-electron chi connectivity index (χ3n) is 6.11. The number of carbonyl (C=O) groups excluding carboxylic acids is 2. The summed E-state index contributed by atoms with van der Waals surface area (Å²) in [5.41, 5.74) is 3.61. The number of benzene rings is 2. The van der Waals surface area contributed by atoms with Gasteiger partial charge in [-0.25, -0.2) is 0 Å². The van der Waals surface area contributed by atoms with Gasteiger partial charge in [0, 0.05) is 37.3 Å². The Morgan fingerprint density at radius 3 is 2.35 bits per heavy atom. The van der Waals surface area contributed by atoms with Crippen LogP contribution >= 0.6 is 11.8 Å². The zero-order valence-electron chi connectivity index (χ0n) is 19.1. The molecule has 0 radical (unpaired) electrons. The van der Waals surface area contributed by atoms with Crippen LogP contribution in [0, 0.1) is 6.92 Å². The highest BCUT2D eigenvalue weighted by atomic mass is 32.2. The molecule has 3 aromatic rings. The number of hydrogen-bond donors (Lipinski definition) is 0. The van der Waals surface area contributed by atoms with Crippen molar-refractivity contribution in [3.8, 4) is 5.69 Å². The predicted molar refractivity (Wildman–Crippen MR) is 132 cm³/mol. The maximum atomic E-state index is 12.9. The molecule has 8 nitrogen and oxygen atoms in total. The molecule has 176 valence electrons. The van der Waals surface area contributed by atoms with Gasteiger partial charge >= 0.3 is 0 Å². The second-order valence-corrected chi connectivity index (χ2v) is 9.40. The quantitative estimate of drug-likeness (QED) is 0.380. The van der Waals surface area contributed by atoms with Crippen molar-refractivity contribution < 1.29 is 14.3 Å². The molecule has 2 saturated heterocycles. The standard InChI is InChI=1S/C25H27N5O3S/c1-18-4-8-21(9-5-18)30-24(28-13-15-33-16-14-28)26-27-25(30)34-17-22(31)19-6-10-20(11-7-19)29-12-2-3-23(29)32/h4-11H,2-3,12-17H2,1H3. The number of rotatable bonds is 7. The zero-order chi connectivity index (χ0) is 23.5. The summed E-state index contributed by atoms with van der Waals surface area (Å²) in [5.74, 6) is 1.16. The lowest BCUT2D eigenvalue weighted by Gasteiger charge is -2.28. The third-order valence-corrected chi connectivity index (χ3v) is 7.04. The van der Waals surface area contributed by atoms with Crippen molar-refractivity contribution in [1.82, 2.24) is 14.8 Å². The van der Waals surface area contributed by atoms with Gasteiger partial charge in [0.05, 0.1) is 24.7 Å².